The van der Waals surface area contributed by atoms with E-state index in [9.17, 15) is 14.9 Å². The molecule has 3 N–H and O–H groups in total. The van der Waals surface area contributed by atoms with Gasteiger partial charge in [0.2, 0.25) is 0 Å². The van der Waals surface area contributed by atoms with Crippen LogP contribution in [-0.4, -0.2) is 17.0 Å². The van der Waals surface area contributed by atoms with Crippen molar-refractivity contribution in [1.29, 1.82) is 0 Å². The largest absolute Gasteiger partial charge is 0.399 e. The van der Waals surface area contributed by atoms with E-state index in [0.29, 0.717) is 16.8 Å². The van der Waals surface area contributed by atoms with E-state index < -0.39 is 4.92 Å². The molecule has 0 unspecified atom stereocenters. The monoisotopic (exact) mass is 284 g/mol. The number of nitro benzene ring substituents is 1. The van der Waals surface area contributed by atoms with E-state index in [4.69, 9.17) is 5.73 Å². The van der Waals surface area contributed by atoms with Crippen molar-refractivity contribution in [3.63, 3.8) is 0 Å². The number of rotatable bonds is 4. The van der Waals surface area contributed by atoms with Crippen LogP contribution < -0.4 is 11.2 Å². The minimum atomic E-state index is -0.482. The van der Waals surface area contributed by atoms with Crippen LogP contribution in [0.3, 0.4) is 0 Å². The van der Waals surface area contributed by atoms with Gasteiger partial charge in [0.1, 0.15) is 0 Å². The third-order valence-electron chi connectivity index (χ3n) is 2.66. The molecule has 0 fully saturated rings. The maximum atomic E-state index is 11.7. The molecule has 0 aliphatic carbocycles. The average molecular weight is 284 g/mol. The molecule has 0 heterocycles. The third kappa shape index (κ3) is 3.87. The van der Waals surface area contributed by atoms with Crippen LogP contribution in [0.25, 0.3) is 0 Å². The van der Waals surface area contributed by atoms with E-state index in [2.05, 4.69) is 10.5 Å². The Kier molecular flexibility index (Phi) is 4.25. The summed E-state index contributed by atoms with van der Waals surface area (Å²) in [7, 11) is 0. The molecule has 2 rings (SSSR count). The summed E-state index contributed by atoms with van der Waals surface area (Å²) in [6.07, 6.45) is 1.40. The minimum Gasteiger partial charge on any atom is -0.399 e. The molecule has 0 radical (unpaired) electrons. The highest BCUT2D eigenvalue weighted by Gasteiger charge is 2.04. The first-order valence-electron chi connectivity index (χ1n) is 5.99. The van der Waals surface area contributed by atoms with E-state index in [1.807, 2.05) is 0 Å². The molecule has 0 aliphatic heterocycles. The number of hydrazone groups is 1. The maximum Gasteiger partial charge on any atom is 0.271 e. The van der Waals surface area contributed by atoms with Gasteiger partial charge in [0.05, 0.1) is 11.1 Å². The summed E-state index contributed by atoms with van der Waals surface area (Å²) in [4.78, 5) is 21.8. The first kappa shape index (κ1) is 14.2. The lowest BCUT2D eigenvalue weighted by atomic mass is 10.2. The van der Waals surface area contributed by atoms with Gasteiger partial charge in [0, 0.05) is 23.4 Å². The average Bonchev–Trinajstić information content (AvgIpc) is 2.48. The van der Waals surface area contributed by atoms with Gasteiger partial charge < -0.3 is 5.73 Å². The number of nitro groups is 1. The van der Waals surface area contributed by atoms with Crippen LogP contribution in [0.5, 0.6) is 0 Å². The zero-order valence-corrected chi connectivity index (χ0v) is 10.9. The van der Waals surface area contributed by atoms with Crippen LogP contribution in [-0.2, 0) is 0 Å². The molecule has 0 bridgehead atoms. The van der Waals surface area contributed by atoms with E-state index in [1.54, 1.807) is 24.3 Å². The Morgan fingerprint density at radius 2 is 1.76 bits per heavy atom. The summed E-state index contributed by atoms with van der Waals surface area (Å²) in [5, 5.41) is 14.3. The minimum absolute atomic E-state index is 0.00180. The van der Waals surface area contributed by atoms with Crippen molar-refractivity contribution in [3.05, 3.63) is 69.8 Å². The van der Waals surface area contributed by atoms with E-state index in [-0.39, 0.29) is 11.6 Å². The number of benzene rings is 2. The van der Waals surface area contributed by atoms with Gasteiger partial charge in [-0.2, -0.15) is 5.10 Å². The van der Waals surface area contributed by atoms with Crippen molar-refractivity contribution in [2.24, 2.45) is 5.10 Å². The smallest absolute Gasteiger partial charge is 0.271 e. The summed E-state index contributed by atoms with van der Waals surface area (Å²) < 4.78 is 0. The highest BCUT2D eigenvalue weighted by atomic mass is 16.6. The van der Waals surface area contributed by atoms with Gasteiger partial charge in [-0.3, -0.25) is 14.9 Å². The molecule has 0 spiro atoms. The lowest BCUT2D eigenvalue weighted by molar-refractivity contribution is -0.384. The van der Waals surface area contributed by atoms with E-state index >= 15 is 0 Å². The molecule has 106 valence electrons. The number of anilines is 1. The number of hydrogen-bond donors (Lipinski definition) is 2. The number of carbonyl (C=O) groups excluding carboxylic acids is 1. The Morgan fingerprint density at radius 3 is 2.33 bits per heavy atom. The van der Waals surface area contributed by atoms with Gasteiger partial charge in [-0.15, -0.1) is 0 Å². The van der Waals surface area contributed by atoms with Crippen molar-refractivity contribution in [2.75, 3.05) is 5.73 Å². The van der Waals surface area contributed by atoms with Crippen molar-refractivity contribution >= 4 is 23.5 Å². The molecule has 0 saturated carbocycles. The predicted octanol–water partition coefficient (Wildman–Crippen LogP) is 1.94. The molecule has 2 aromatic carbocycles. The Balaban J connectivity index is 1.97. The summed E-state index contributed by atoms with van der Waals surface area (Å²) in [5.41, 5.74) is 9.53. The molecule has 1 amide bonds. The topological polar surface area (TPSA) is 111 Å². The molecule has 21 heavy (non-hydrogen) atoms. The molecular weight excluding hydrogens is 272 g/mol. The van der Waals surface area contributed by atoms with Crippen molar-refractivity contribution in [3.8, 4) is 0 Å². The zero-order chi connectivity index (χ0) is 15.2. The van der Waals surface area contributed by atoms with Crippen molar-refractivity contribution in [2.45, 2.75) is 0 Å². The second-order valence-electron chi connectivity index (χ2n) is 4.17. The molecule has 7 heteroatoms. The lowest BCUT2D eigenvalue weighted by Crippen LogP contribution is -2.17. The van der Waals surface area contributed by atoms with Crippen LogP contribution >= 0.6 is 0 Å². The second kappa shape index (κ2) is 6.29. The number of hydrogen-bond acceptors (Lipinski definition) is 5. The fourth-order valence-corrected chi connectivity index (χ4v) is 1.55. The van der Waals surface area contributed by atoms with E-state index in [1.165, 1.54) is 30.5 Å². The van der Waals surface area contributed by atoms with E-state index in [0.717, 1.165) is 0 Å². The van der Waals surface area contributed by atoms with Crippen LogP contribution in [0, 0.1) is 10.1 Å². The summed E-state index contributed by atoms with van der Waals surface area (Å²) in [5.74, 6) is -0.367. The molecule has 0 atom stereocenters. The van der Waals surface area contributed by atoms with Gasteiger partial charge in [-0.25, -0.2) is 5.43 Å². The molecule has 0 aromatic heterocycles. The third-order valence-corrected chi connectivity index (χ3v) is 2.66. The summed E-state index contributed by atoms with van der Waals surface area (Å²) in [6.45, 7) is 0. The number of nitrogens with one attached hydrogen (secondary N) is 1. The number of nitrogen functional groups attached to an aromatic ring is 1. The Morgan fingerprint density at radius 1 is 1.14 bits per heavy atom. The standard InChI is InChI=1S/C14H12N4O3/c15-12-5-3-11(4-6-12)14(19)17-16-9-10-1-7-13(8-2-10)18(20)21/h1-9H,15H2,(H,17,19)/b16-9+. The quantitative estimate of drug-likeness (QED) is 0.387. The second-order valence-corrected chi connectivity index (χ2v) is 4.17. The van der Waals surface area contributed by atoms with Crippen LogP contribution in [0.4, 0.5) is 11.4 Å². The number of carbonyl (C=O) groups is 1. The number of amides is 1. The number of non-ortho nitro benzene ring substituents is 1. The fourth-order valence-electron chi connectivity index (χ4n) is 1.55. The summed E-state index contributed by atoms with van der Waals surface area (Å²) in [6, 6.07) is 12.2. The van der Waals surface area contributed by atoms with Crippen LogP contribution in [0.15, 0.2) is 53.6 Å². The predicted molar refractivity (Wildman–Crippen MR) is 79.0 cm³/mol. The molecular formula is C14H12N4O3. The van der Waals surface area contributed by atoms with Gasteiger partial charge in [-0.05, 0) is 42.0 Å². The SMILES string of the molecule is Nc1ccc(C(=O)N/N=C/c2ccc([N+](=O)[O-])cc2)cc1. The molecule has 7 nitrogen and oxygen atoms in total. The molecule has 2 aromatic rings. The molecule has 0 aliphatic rings. The first-order chi connectivity index (χ1) is 10.1. The van der Waals surface area contributed by atoms with Gasteiger partial charge in [0.15, 0.2) is 0 Å². The van der Waals surface area contributed by atoms with Crippen LogP contribution in [0.2, 0.25) is 0 Å². The zero-order valence-electron chi connectivity index (χ0n) is 10.9. The fraction of sp³-hybridized carbons (Fsp3) is 0. The first-order valence-corrected chi connectivity index (χ1v) is 5.99. The van der Waals surface area contributed by atoms with Crippen molar-refractivity contribution in [1.82, 2.24) is 5.43 Å². The highest BCUT2D eigenvalue weighted by Crippen LogP contribution is 2.10. The Bertz CT molecular complexity index is 678. The Labute approximate surface area is 120 Å². The number of nitrogens with two attached hydrogens (primary N) is 1. The van der Waals surface area contributed by atoms with Gasteiger partial charge in [-0.1, -0.05) is 0 Å². The molecule has 0 saturated heterocycles. The van der Waals surface area contributed by atoms with Crippen LogP contribution in [0.1, 0.15) is 15.9 Å². The van der Waals surface area contributed by atoms with Gasteiger partial charge in [0.25, 0.3) is 11.6 Å². The summed E-state index contributed by atoms with van der Waals surface area (Å²) >= 11 is 0. The lowest BCUT2D eigenvalue weighted by Gasteiger charge is -2.00. The number of nitrogens with zero attached hydrogens (tertiary/aromatic N) is 2. The highest BCUT2D eigenvalue weighted by molar-refractivity contribution is 5.95. The van der Waals surface area contributed by atoms with Crippen molar-refractivity contribution < 1.29 is 9.72 Å². The normalized spacial score (nSPS) is 10.5. The van der Waals surface area contributed by atoms with Gasteiger partial charge >= 0.3 is 0 Å². The maximum absolute atomic E-state index is 11.7. The Hall–Kier alpha value is -3.22.